The molecule has 1 aromatic heterocycles. The number of likely N-dealkylation sites (N-methyl/N-ethyl adjacent to an activating group) is 2. The van der Waals surface area contributed by atoms with E-state index in [9.17, 15) is 9.90 Å². The monoisotopic (exact) mass is 268 g/mol. The van der Waals surface area contributed by atoms with E-state index in [1.807, 2.05) is 51.8 Å². The molecule has 0 fully saturated rings. The van der Waals surface area contributed by atoms with Gasteiger partial charge in [-0.2, -0.15) is 5.10 Å². The summed E-state index contributed by atoms with van der Waals surface area (Å²) in [5.74, 6) is -0.833. The minimum Gasteiger partial charge on any atom is -0.480 e. The fourth-order valence-electron chi connectivity index (χ4n) is 2.20. The summed E-state index contributed by atoms with van der Waals surface area (Å²) in [5, 5.41) is 13.8. The molecule has 108 valence electrons. The smallest absolute Gasteiger partial charge is 0.325 e. The number of nitrogens with zero attached hydrogens (tertiary/aromatic N) is 4. The van der Waals surface area contributed by atoms with Gasteiger partial charge < -0.3 is 10.0 Å². The summed E-state index contributed by atoms with van der Waals surface area (Å²) in [5.41, 5.74) is 2.49. The molecule has 0 aliphatic rings. The lowest BCUT2D eigenvalue weighted by molar-refractivity contribution is -0.143. The molecule has 0 bridgehead atoms. The van der Waals surface area contributed by atoms with Crippen molar-refractivity contribution in [1.82, 2.24) is 19.6 Å². The van der Waals surface area contributed by atoms with Gasteiger partial charge in [-0.1, -0.05) is 0 Å². The van der Waals surface area contributed by atoms with Gasteiger partial charge in [0.1, 0.15) is 6.04 Å². The van der Waals surface area contributed by atoms with Crippen LogP contribution in [0.4, 0.5) is 0 Å². The molecule has 1 aromatic rings. The molecule has 0 saturated carbocycles. The summed E-state index contributed by atoms with van der Waals surface area (Å²) in [6.45, 7) is 5.28. The second-order valence-corrected chi connectivity index (χ2v) is 5.23. The van der Waals surface area contributed by atoms with E-state index in [0.29, 0.717) is 6.54 Å². The number of carbonyl (C=O) groups is 1. The largest absolute Gasteiger partial charge is 0.480 e. The van der Waals surface area contributed by atoms with Gasteiger partial charge in [0.2, 0.25) is 0 Å². The first-order chi connectivity index (χ1) is 8.75. The van der Waals surface area contributed by atoms with E-state index in [2.05, 4.69) is 5.10 Å². The van der Waals surface area contributed by atoms with Crippen LogP contribution < -0.4 is 0 Å². The number of hydrogen-bond donors (Lipinski definition) is 1. The van der Waals surface area contributed by atoms with E-state index in [-0.39, 0.29) is 0 Å². The van der Waals surface area contributed by atoms with E-state index in [4.69, 9.17) is 0 Å². The number of carboxylic acids is 1. The van der Waals surface area contributed by atoms with Gasteiger partial charge >= 0.3 is 5.97 Å². The third kappa shape index (κ3) is 3.54. The van der Waals surface area contributed by atoms with Crippen LogP contribution in [-0.2, 0) is 11.8 Å². The Bertz CT molecular complexity index is 454. The van der Waals surface area contributed by atoms with Gasteiger partial charge in [0.25, 0.3) is 0 Å². The number of aryl methyl sites for hydroxylation is 2. The number of rotatable bonds is 6. The predicted molar refractivity (Wildman–Crippen MR) is 74.2 cm³/mol. The zero-order chi connectivity index (χ0) is 14.7. The molecule has 0 amide bonds. The highest BCUT2D eigenvalue weighted by molar-refractivity contribution is 5.76. The van der Waals surface area contributed by atoms with Crippen molar-refractivity contribution in [3.63, 3.8) is 0 Å². The van der Waals surface area contributed by atoms with Crippen molar-refractivity contribution in [2.45, 2.75) is 19.9 Å². The van der Waals surface area contributed by atoms with Gasteiger partial charge in [0.15, 0.2) is 0 Å². The molecule has 0 spiro atoms. The van der Waals surface area contributed by atoms with Gasteiger partial charge in [-0.15, -0.1) is 0 Å². The minimum atomic E-state index is -0.833. The number of aliphatic carboxylic acids is 1. The van der Waals surface area contributed by atoms with Crippen LogP contribution in [0.2, 0.25) is 0 Å². The van der Waals surface area contributed by atoms with E-state index in [0.717, 1.165) is 23.5 Å². The van der Waals surface area contributed by atoms with Gasteiger partial charge in [0, 0.05) is 31.4 Å². The molecule has 6 nitrogen and oxygen atoms in total. The Balaban J connectivity index is 3.04. The fraction of sp³-hybridized carbons (Fsp3) is 0.692. The number of carboxylic acid groups (broad SMARTS) is 1. The third-order valence-corrected chi connectivity index (χ3v) is 3.41. The van der Waals surface area contributed by atoms with Crippen molar-refractivity contribution in [2.24, 2.45) is 7.05 Å². The normalized spacial score (nSPS) is 13.3. The lowest BCUT2D eigenvalue weighted by atomic mass is 10.0. The quantitative estimate of drug-likeness (QED) is 0.821. The maximum absolute atomic E-state index is 11.6. The van der Waals surface area contributed by atoms with Crippen molar-refractivity contribution in [3.8, 4) is 0 Å². The zero-order valence-electron chi connectivity index (χ0n) is 12.6. The summed E-state index contributed by atoms with van der Waals surface area (Å²) in [4.78, 5) is 15.5. The van der Waals surface area contributed by atoms with Gasteiger partial charge in [-0.05, 0) is 35.0 Å². The first kappa shape index (κ1) is 15.7. The Labute approximate surface area is 114 Å². The van der Waals surface area contributed by atoms with Crippen LogP contribution in [0.3, 0.4) is 0 Å². The molecule has 0 aliphatic carbocycles. The second kappa shape index (κ2) is 6.16. The summed E-state index contributed by atoms with van der Waals surface area (Å²) >= 11 is 0. The van der Waals surface area contributed by atoms with Crippen LogP contribution in [0, 0.1) is 13.8 Å². The highest BCUT2D eigenvalue weighted by Crippen LogP contribution is 2.25. The number of aromatic nitrogens is 2. The Kier molecular flexibility index (Phi) is 5.08. The molecule has 1 heterocycles. The van der Waals surface area contributed by atoms with Crippen molar-refractivity contribution >= 4 is 5.97 Å². The molecule has 1 N–H and O–H groups in total. The molecular formula is C13H24N4O2. The zero-order valence-corrected chi connectivity index (χ0v) is 12.6. The average Bonchev–Trinajstić information content (AvgIpc) is 2.53. The summed E-state index contributed by atoms with van der Waals surface area (Å²) in [6.07, 6.45) is 0. The average molecular weight is 268 g/mol. The van der Waals surface area contributed by atoms with Crippen LogP contribution in [-0.4, -0.2) is 64.9 Å². The topological polar surface area (TPSA) is 61.6 Å². The van der Waals surface area contributed by atoms with Crippen LogP contribution >= 0.6 is 0 Å². The maximum Gasteiger partial charge on any atom is 0.325 e. The van der Waals surface area contributed by atoms with Crippen molar-refractivity contribution in [1.29, 1.82) is 0 Å². The van der Waals surface area contributed by atoms with Gasteiger partial charge in [0.05, 0.1) is 5.69 Å². The van der Waals surface area contributed by atoms with E-state index < -0.39 is 12.0 Å². The van der Waals surface area contributed by atoms with Crippen molar-refractivity contribution < 1.29 is 9.90 Å². The minimum absolute atomic E-state index is 0.645. The lowest BCUT2D eigenvalue weighted by Gasteiger charge is -2.26. The molecule has 6 heteroatoms. The first-order valence-corrected chi connectivity index (χ1v) is 6.33. The van der Waals surface area contributed by atoms with Crippen molar-refractivity contribution in [2.75, 3.05) is 34.2 Å². The SMILES string of the molecule is Cc1nn(C)c(C)c1[C@H](C(=O)O)N(C)CCN(C)C. The van der Waals surface area contributed by atoms with Crippen molar-refractivity contribution in [3.05, 3.63) is 17.0 Å². The first-order valence-electron chi connectivity index (χ1n) is 6.33. The van der Waals surface area contributed by atoms with E-state index in [1.165, 1.54) is 0 Å². The molecule has 19 heavy (non-hydrogen) atoms. The molecule has 0 unspecified atom stereocenters. The maximum atomic E-state index is 11.6. The Morgan fingerprint density at radius 1 is 1.32 bits per heavy atom. The van der Waals surface area contributed by atoms with Crippen LogP contribution in [0.1, 0.15) is 23.0 Å². The molecule has 0 radical (unpaired) electrons. The highest BCUT2D eigenvalue weighted by atomic mass is 16.4. The Morgan fingerprint density at radius 3 is 2.26 bits per heavy atom. The standard InChI is InChI=1S/C13H24N4O2/c1-9-11(10(2)17(6)14-9)12(13(18)19)16(5)8-7-15(3)4/h12H,7-8H2,1-6H3,(H,18,19)/t12-/m1/s1. The predicted octanol–water partition coefficient (Wildman–Crippen LogP) is 0.656. The van der Waals surface area contributed by atoms with E-state index >= 15 is 0 Å². The summed E-state index contributed by atoms with van der Waals surface area (Å²) in [6, 6.07) is -0.645. The molecule has 1 atom stereocenters. The Hall–Kier alpha value is -1.40. The molecule has 1 rings (SSSR count). The lowest BCUT2D eigenvalue weighted by Crippen LogP contribution is -2.36. The van der Waals surface area contributed by atoms with E-state index in [1.54, 1.807) is 4.68 Å². The van der Waals surface area contributed by atoms with Gasteiger partial charge in [-0.25, -0.2) is 0 Å². The molecule has 0 saturated heterocycles. The van der Waals surface area contributed by atoms with Gasteiger partial charge in [-0.3, -0.25) is 14.4 Å². The second-order valence-electron chi connectivity index (χ2n) is 5.23. The van der Waals surface area contributed by atoms with Crippen LogP contribution in [0.15, 0.2) is 0 Å². The molecule has 0 aromatic carbocycles. The van der Waals surface area contributed by atoms with Crippen LogP contribution in [0.25, 0.3) is 0 Å². The third-order valence-electron chi connectivity index (χ3n) is 3.41. The molecule has 0 aliphatic heterocycles. The fourth-order valence-corrected chi connectivity index (χ4v) is 2.20. The number of hydrogen-bond acceptors (Lipinski definition) is 4. The summed E-state index contributed by atoms with van der Waals surface area (Å²) < 4.78 is 1.74. The van der Waals surface area contributed by atoms with Crippen LogP contribution in [0.5, 0.6) is 0 Å². The highest BCUT2D eigenvalue weighted by Gasteiger charge is 2.29. The summed E-state index contributed by atoms with van der Waals surface area (Å²) in [7, 11) is 7.63. The Morgan fingerprint density at radius 2 is 1.89 bits per heavy atom. The molecular weight excluding hydrogens is 244 g/mol.